The summed E-state index contributed by atoms with van der Waals surface area (Å²) in [5, 5.41) is 0. The lowest BCUT2D eigenvalue weighted by Crippen LogP contribution is -2.20. The van der Waals surface area contributed by atoms with Crippen LogP contribution >= 0.6 is 0 Å². The third-order valence-corrected chi connectivity index (χ3v) is 4.28. The summed E-state index contributed by atoms with van der Waals surface area (Å²) in [6, 6.07) is 21.8. The minimum Gasteiger partial charge on any atom is -0.492 e. The van der Waals surface area contributed by atoms with Crippen molar-refractivity contribution in [3.63, 3.8) is 0 Å². The van der Waals surface area contributed by atoms with E-state index in [2.05, 4.69) is 4.98 Å². The second-order valence-electron chi connectivity index (χ2n) is 5.98. The predicted molar refractivity (Wildman–Crippen MR) is 99.9 cm³/mol. The third-order valence-electron chi connectivity index (χ3n) is 4.28. The summed E-state index contributed by atoms with van der Waals surface area (Å²) in [5.41, 5.74) is 3.60. The third kappa shape index (κ3) is 3.24. The highest BCUT2D eigenvalue weighted by Gasteiger charge is 2.08. The van der Waals surface area contributed by atoms with Crippen LogP contribution in [0.2, 0.25) is 0 Å². The van der Waals surface area contributed by atoms with Gasteiger partial charge in [0.25, 0.3) is 0 Å². The monoisotopic (exact) mass is 348 g/mol. The molecular weight excluding hydrogens is 331 g/mol. The van der Waals surface area contributed by atoms with E-state index < -0.39 is 0 Å². The van der Waals surface area contributed by atoms with E-state index in [1.165, 1.54) is 12.1 Å². The maximum Gasteiger partial charge on any atom is 0.326 e. The number of hydrogen-bond acceptors (Lipinski definition) is 2. The van der Waals surface area contributed by atoms with Crippen LogP contribution < -0.4 is 10.4 Å². The quantitative estimate of drug-likeness (QED) is 0.587. The molecule has 0 aliphatic rings. The zero-order valence-electron chi connectivity index (χ0n) is 14.0. The average Bonchev–Trinajstić information content (AvgIpc) is 2.99. The molecule has 1 N–H and O–H groups in total. The minimum atomic E-state index is -0.306. The van der Waals surface area contributed by atoms with Crippen molar-refractivity contribution in [2.24, 2.45) is 0 Å². The molecule has 0 atom stereocenters. The van der Waals surface area contributed by atoms with Gasteiger partial charge >= 0.3 is 5.69 Å². The highest BCUT2D eigenvalue weighted by Crippen LogP contribution is 2.22. The van der Waals surface area contributed by atoms with Gasteiger partial charge in [-0.05, 0) is 47.5 Å². The number of nitrogens with zero attached hydrogens (tertiary/aromatic N) is 1. The van der Waals surface area contributed by atoms with Gasteiger partial charge in [0.1, 0.15) is 18.2 Å². The highest BCUT2D eigenvalue weighted by molar-refractivity contribution is 5.82. The molecule has 1 aromatic heterocycles. The zero-order valence-corrected chi connectivity index (χ0v) is 14.0. The highest BCUT2D eigenvalue weighted by atomic mass is 19.1. The van der Waals surface area contributed by atoms with Gasteiger partial charge in [0.2, 0.25) is 0 Å². The summed E-state index contributed by atoms with van der Waals surface area (Å²) < 4.78 is 20.1. The van der Waals surface area contributed by atoms with Gasteiger partial charge in [0.05, 0.1) is 17.6 Å². The predicted octanol–water partition coefficient (Wildman–Crippen LogP) is 4.21. The lowest BCUT2D eigenvalue weighted by molar-refractivity contribution is 0.298. The Morgan fingerprint density at radius 3 is 2.46 bits per heavy atom. The van der Waals surface area contributed by atoms with Crippen molar-refractivity contribution in [1.29, 1.82) is 0 Å². The number of halogens is 1. The number of nitrogens with one attached hydrogen (secondary N) is 1. The standard InChI is InChI=1S/C21H17FN2O2/c22-17-7-9-18(10-8-17)26-13-12-24-20-11-6-16(14-19(20)23-21(24)25)15-4-2-1-3-5-15/h1-11,14H,12-13H2,(H,23,25). The summed E-state index contributed by atoms with van der Waals surface area (Å²) in [4.78, 5) is 15.2. The van der Waals surface area contributed by atoms with Crippen molar-refractivity contribution in [3.8, 4) is 16.9 Å². The summed E-state index contributed by atoms with van der Waals surface area (Å²) in [5.74, 6) is 0.269. The number of imidazole rings is 1. The molecule has 0 saturated carbocycles. The number of H-pyrrole nitrogens is 1. The van der Waals surface area contributed by atoms with E-state index in [4.69, 9.17) is 4.74 Å². The van der Waals surface area contributed by atoms with Crippen molar-refractivity contribution in [3.05, 3.63) is 89.1 Å². The van der Waals surface area contributed by atoms with Gasteiger partial charge in [-0.2, -0.15) is 0 Å². The Balaban J connectivity index is 1.55. The largest absolute Gasteiger partial charge is 0.492 e. The molecule has 5 heteroatoms. The fraction of sp³-hybridized carbons (Fsp3) is 0.0952. The molecule has 0 aliphatic carbocycles. The molecule has 0 unspecified atom stereocenters. The first-order chi connectivity index (χ1) is 12.7. The molecule has 4 aromatic rings. The van der Waals surface area contributed by atoms with Crippen LogP contribution in [0, 0.1) is 5.82 Å². The Hall–Kier alpha value is -3.34. The van der Waals surface area contributed by atoms with Crippen molar-refractivity contribution in [1.82, 2.24) is 9.55 Å². The van der Waals surface area contributed by atoms with Gasteiger partial charge in [-0.1, -0.05) is 36.4 Å². The molecule has 26 heavy (non-hydrogen) atoms. The van der Waals surface area contributed by atoms with Crippen LogP contribution in [0.3, 0.4) is 0 Å². The van der Waals surface area contributed by atoms with Gasteiger partial charge in [-0.25, -0.2) is 9.18 Å². The molecule has 0 bridgehead atoms. The van der Waals surface area contributed by atoms with Crippen LogP contribution in [-0.2, 0) is 6.54 Å². The van der Waals surface area contributed by atoms with Crippen molar-refractivity contribution in [2.75, 3.05) is 6.61 Å². The molecule has 0 amide bonds. The Morgan fingerprint density at radius 2 is 1.69 bits per heavy atom. The van der Waals surface area contributed by atoms with E-state index in [0.717, 1.165) is 22.2 Å². The van der Waals surface area contributed by atoms with E-state index in [-0.39, 0.29) is 11.5 Å². The summed E-state index contributed by atoms with van der Waals surface area (Å²) >= 11 is 0. The molecule has 0 saturated heterocycles. The number of aromatic amines is 1. The fourth-order valence-corrected chi connectivity index (χ4v) is 2.98. The SMILES string of the molecule is O=c1[nH]c2cc(-c3ccccc3)ccc2n1CCOc1ccc(F)cc1. The number of ether oxygens (including phenoxy) is 1. The van der Waals surface area contributed by atoms with Crippen LogP contribution in [0.1, 0.15) is 0 Å². The minimum absolute atomic E-state index is 0.173. The van der Waals surface area contributed by atoms with E-state index in [1.54, 1.807) is 16.7 Å². The maximum atomic E-state index is 12.9. The first kappa shape index (κ1) is 16.1. The van der Waals surface area contributed by atoms with E-state index >= 15 is 0 Å². The van der Waals surface area contributed by atoms with Gasteiger partial charge in [0.15, 0.2) is 0 Å². The van der Waals surface area contributed by atoms with E-state index in [0.29, 0.717) is 18.9 Å². The zero-order chi connectivity index (χ0) is 17.9. The number of hydrogen-bond donors (Lipinski definition) is 1. The first-order valence-corrected chi connectivity index (χ1v) is 8.37. The Morgan fingerprint density at radius 1 is 0.923 bits per heavy atom. The lowest BCUT2D eigenvalue weighted by atomic mass is 10.1. The maximum absolute atomic E-state index is 12.9. The van der Waals surface area contributed by atoms with Gasteiger partial charge in [-0.15, -0.1) is 0 Å². The lowest BCUT2D eigenvalue weighted by Gasteiger charge is -2.07. The summed E-state index contributed by atoms with van der Waals surface area (Å²) in [7, 11) is 0. The van der Waals surface area contributed by atoms with E-state index in [9.17, 15) is 9.18 Å². The average molecular weight is 348 g/mol. The van der Waals surface area contributed by atoms with Crippen LogP contribution in [0.5, 0.6) is 5.75 Å². The van der Waals surface area contributed by atoms with Crippen LogP contribution in [0.15, 0.2) is 77.6 Å². The van der Waals surface area contributed by atoms with Gasteiger partial charge in [0, 0.05) is 0 Å². The smallest absolute Gasteiger partial charge is 0.326 e. The number of fused-ring (bicyclic) bond motifs is 1. The van der Waals surface area contributed by atoms with E-state index in [1.807, 2.05) is 48.5 Å². The number of aromatic nitrogens is 2. The van der Waals surface area contributed by atoms with Crippen LogP contribution in [-0.4, -0.2) is 16.2 Å². The summed E-state index contributed by atoms with van der Waals surface area (Å²) in [6.45, 7) is 0.722. The van der Waals surface area contributed by atoms with Crippen molar-refractivity contribution >= 4 is 11.0 Å². The van der Waals surface area contributed by atoms with Crippen LogP contribution in [0.4, 0.5) is 4.39 Å². The molecule has 130 valence electrons. The molecule has 0 aliphatic heterocycles. The van der Waals surface area contributed by atoms with Crippen molar-refractivity contribution < 1.29 is 9.13 Å². The second kappa shape index (κ2) is 6.88. The molecular formula is C21H17FN2O2. The Bertz CT molecular complexity index is 1080. The molecule has 4 rings (SSSR count). The van der Waals surface area contributed by atoms with Gasteiger partial charge < -0.3 is 9.72 Å². The number of rotatable bonds is 5. The molecule has 3 aromatic carbocycles. The topological polar surface area (TPSA) is 47.0 Å². The second-order valence-corrected chi connectivity index (χ2v) is 5.98. The molecule has 0 radical (unpaired) electrons. The van der Waals surface area contributed by atoms with Crippen LogP contribution in [0.25, 0.3) is 22.2 Å². The number of benzene rings is 3. The molecule has 0 fully saturated rings. The Kier molecular flexibility index (Phi) is 4.27. The Labute approximate surface area is 149 Å². The first-order valence-electron chi connectivity index (χ1n) is 8.37. The molecule has 4 nitrogen and oxygen atoms in total. The fourth-order valence-electron chi connectivity index (χ4n) is 2.98. The molecule has 1 heterocycles. The van der Waals surface area contributed by atoms with Gasteiger partial charge in [-0.3, -0.25) is 4.57 Å². The molecule has 0 spiro atoms. The normalized spacial score (nSPS) is 11.0. The summed E-state index contributed by atoms with van der Waals surface area (Å²) in [6.07, 6.45) is 0. The van der Waals surface area contributed by atoms with Crippen molar-refractivity contribution in [2.45, 2.75) is 6.54 Å².